The summed E-state index contributed by atoms with van der Waals surface area (Å²) in [6.07, 6.45) is 0.481. The Balaban J connectivity index is 1.99. The van der Waals surface area contributed by atoms with Gasteiger partial charge in [0.05, 0.1) is 6.42 Å². The van der Waals surface area contributed by atoms with Crippen molar-refractivity contribution in [1.82, 2.24) is 0 Å². The summed E-state index contributed by atoms with van der Waals surface area (Å²) in [6.45, 7) is 5.93. The Labute approximate surface area is 108 Å². The number of fused-ring (bicyclic) bond motifs is 1. The van der Waals surface area contributed by atoms with Gasteiger partial charge in [-0.1, -0.05) is 13.8 Å². The number of nitrogens with two attached hydrogens (primary N) is 1. The van der Waals surface area contributed by atoms with Crippen molar-refractivity contribution in [2.24, 2.45) is 17.6 Å². The third-order valence-electron chi connectivity index (χ3n) is 3.54. The standard InChI is InChI=1S/C14H21N3O/c1-9(2)11(7-15)8-16-12-3-4-13-10(5-12)6-14(18)17-13/h3-5,9,11,16H,6-8,15H2,1-2H3,(H,17,18). The Morgan fingerprint density at radius 2 is 2.22 bits per heavy atom. The summed E-state index contributed by atoms with van der Waals surface area (Å²) in [5.74, 6) is 1.11. The Kier molecular flexibility index (Phi) is 3.87. The van der Waals surface area contributed by atoms with Crippen molar-refractivity contribution in [1.29, 1.82) is 0 Å². The van der Waals surface area contributed by atoms with Gasteiger partial charge in [0.1, 0.15) is 0 Å². The number of rotatable bonds is 5. The van der Waals surface area contributed by atoms with E-state index in [2.05, 4.69) is 24.5 Å². The molecule has 4 nitrogen and oxygen atoms in total. The molecule has 1 heterocycles. The van der Waals surface area contributed by atoms with Gasteiger partial charge in [0.2, 0.25) is 5.91 Å². The van der Waals surface area contributed by atoms with Gasteiger partial charge in [0.15, 0.2) is 0 Å². The van der Waals surface area contributed by atoms with Crippen LogP contribution in [0.2, 0.25) is 0 Å². The molecule has 0 saturated heterocycles. The van der Waals surface area contributed by atoms with E-state index < -0.39 is 0 Å². The lowest BCUT2D eigenvalue weighted by atomic mass is 9.96. The largest absolute Gasteiger partial charge is 0.385 e. The van der Waals surface area contributed by atoms with Crippen molar-refractivity contribution < 1.29 is 4.79 Å². The van der Waals surface area contributed by atoms with Crippen molar-refractivity contribution in [2.45, 2.75) is 20.3 Å². The normalized spacial score (nSPS) is 15.4. The highest BCUT2D eigenvalue weighted by Crippen LogP contribution is 2.26. The molecule has 0 aromatic heterocycles. The van der Waals surface area contributed by atoms with Crippen LogP contribution in [0.4, 0.5) is 11.4 Å². The van der Waals surface area contributed by atoms with Gasteiger partial charge in [-0.25, -0.2) is 0 Å². The van der Waals surface area contributed by atoms with E-state index in [0.29, 0.717) is 24.8 Å². The van der Waals surface area contributed by atoms with Crippen molar-refractivity contribution in [3.63, 3.8) is 0 Å². The van der Waals surface area contributed by atoms with E-state index in [-0.39, 0.29) is 5.91 Å². The van der Waals surface area contributed by atoms with Gasteiger partial charge in [-0.2, -0.15) is 0 Å². The van der Waals surface area contributed by atoms with Crippen LogP contribution < -0.4 is 16.4 Å². The lowest BCUT2D eigenvalue weighted by Crippen LogP contribution is -2.27. The van der Waals surface area contributed by atoms with Crippen LogP contribution in [-0.4, -0.2) is 19.0 Å². The van der Waals surface area contributed by atoms with E-state index >= 15 is 0 Å². The third-order valence-corrected chi connectivity index (χ3v) is 3.54. The fourth-order valence-corrected chi connectivity index (χ4v) is 2.18. The second-order valence-electron chi connectivity index (χ2n) is 5.22. The van der Waals surface area contributed by atoms with Crippen LogP contribution >= 0.6 is 0 Å². The molecule has 1 amide bonds. The molecule has 1 aliphatic rings. The molecule has 1 aromatic carbocycles. The van der Waals surface area contributed by atoms with Crippen LogP contribution in [-0.2, 0) is 11.2 Å². The van der Waals surface area contributed by atoms with Gasteiger partial charge in [-0.05, 0) is 42.1 Å². The molecule has 4 N–H and O–H groups in total. The molecule has 1 aliphatic heterocycles. The minimum absolute atomic E-state index is 0.0733. The molecule has 0 radical (unpaired) electrons. The van der Waals surface area contributed by atoms with E-state index in [9.17, 15) is 4.79 Å². The number of hydrogen-bond acceptors (Lipinski definition) is 3. The molecule has 1 unspecified atom stereocenters. The average molecular weight is 247 g/mol. The highest BCUT2D eigenvalue weighted by molar-refractivity contribution is 5.99. The molecule has 0 spiro atoms. The summed E-state index contributed by atoms with van der Waals surface area (Å²) in [6, 6.07) is 5.99. The number of benzene rings is 1. The van der Waals surface area contributed by atoms with Gasteiger partial charge in [-0.3, -0.25) is 4.79 Å². The molecule has 0 bridgehead atoms. The molecular formula is C14H21N3O. The van der Waals surface area contributed by atoms with Crippen molar-refractivity contribution in [3.05, 3.63) is 23.8 Å². The fourth-order valence-electron chi connectivity index (χ4n) is 2.18. The first-order chi connectivity index (χ1) is 8.60. The number of anilines is 2. The van der Waals surface area contributed by atoms with Gasteiger partial charge >= 0.3 is 0 Å². The quantitative estimate of drug-likeness (QED) is 0.743. The summed E-state index contributed by atoms with van der Waals surface area (Å²) < 4.78 is 0. The summed E-state index contributed by atoms with van der Waals surface area (Å²) in [4.78, 5) is 11.3. The predicted molar refractivity (Wildman–Crippen MR) is 74.6 cm³/mol. The number of hydrogen-bond donors (Lipinski definition) is 3. The topological polar surface area (TPSA) is 67.1 Å². The van der Waals surface area contributed by atoms with Crippen molar-refractivity contribution >= 4 is 17.3 Å². The summed E-state index contributed by atoms with van der Waals surface area (Å²) in [5, 5.41) is 6.23. The Morgan fingerprint density at radius 3 is 2.89 bits per heavy atom. The molecule has 2 rings (SSSR count). The van der Waals surface area contributed by atoms with E-state index in [4.69, 9.17) is 5.73 Å². The van der Waals surface area contributed by atoms with E-state index in [1.165, 1.54) is 0 Å². The Bertz CT molecular complexity index is 443. The van der Waals surface area contributed by atoms with Crippen LogP contribution in [0, 0.1) is 11.8 Å². The second-order valence-corrected chi connectivity index (χ2v) is 5.22. The van der Waals surface area contributed by atoms with Gasteiger partial charge < -0.3 is 16.4 Å². The second kappa shape index (κ2) is 5.40. The van der Waals surface area contributed by atoms with Crippen LogP contribution in [0.1, 0.15) is 19.4 Å². The third kappa shape index (κ3) is 2.82. The van der Waals surface area contributed by atoms with Crippen molar-refractivity contribution in [2.75, 3.05) is 23.7 Å². The Morgan fingerprint density at radius 1 is 1.44 bits per heavy atom. The maximum absolute atomic E-state index is 11.3. The van der Waals surface area contributed by atoms with Crippen LogP contribution in [0.15, 0.2) is 18.2 Å². The van der Waals surface area contributed by atoms with Crippen LogP contribution in [0.5, 0.6) is 0 Å². The SMILES string of the molecule is CC(C)C(CN)CNc1ccc2c(c1)CC(=O)N2. The molecular weight excluding hydrogens is 226 g/mol. The highest BCUT2D eigenvalue weighted by atomic mass is 16.1. The maximum atomic E-state index is 11.3. The molecule has 0 aliphatic carbocycles. The average Bonchev–Trinajstić information content (AvgIpc) is 2.68. The zero-order valence-electron chi connectivity index (χ0n) is 11.0. The van der Waals surface area contributed by atoms with Crippen molar-refractivity contribution in [3.8, 4) is 0 Å². The number of nitrogens with one attached hydrogen (secondary N) is 2. The van der Waals surface area contributed by atoms with E-state index in [1.54, 1.807) is 0 Å². The van der Waals surface area contributed by atoms with E-state index in [0.717, 1.165) is 23.5 Å². The zero-order chi connectivity index (χ0) is 13.1. The molecule has 4 heteroatoms. The Hall–Kier alpha value is -1.55. The summed E-state index contributed by atoms with van der Waals surface area (Å²) in [5.41, 5.74) is 8.81. The predicted octanol–water partition coefficient (Wildman–Crippen LogP) is 1.82. The van der Waals surface area contributed by atoms with Crippen LogP contribution in [0.3, 0.4) is 0 Å². The monoisotopic (exact) mass is 247 g/mol. The summed E-state index contributed by atoms with van der Waals surface area (Å²) in [7, 11) is 0. The first-order valence-corrected chi connectivity index (χ1v) is 6.47. The minimum Gasteiger partial charge on any atom is -0.385 e. The maximum Gasteiger partial charge on any atom is 0.228 e. The number of amides is 1. The number of carbonyl (C=O) groups excluding carboxylic acids is 1. The fraction of sp³-hybridized carbons (Fsp3) is 0.500. The number of carbonyl (C=O) groups is 1. The van der Waals surface area contributed by atoms with Gasteiger partial charge in [0.25, 0.3) is 0 Å². The van der Waals surface area contributed by atoms with E-state index in [1.807, 2.05) is 18.2 Å². The smallest absolute Gasteiger partial charge is 0.228 e. The lowest BCUT2D eigenvalue weighted by Gasteiger charge is -2.20. The van der Waals surface area contributed by atoms with Gasteiger partial charge in [0, 0.05) is 17.9 Å². The first kappa shape index (κ1) is 12.9. The van der Waals surface area contributed by atoms with Crippen LogP contribution in [0.25, 0.3) is 0 Å². The molecule has 18 heavy (non-hydrogen) atoms. The molecule has 0 saturated carbocycles. The van der Waals surface area contributed by atoms with Gasteiger partial charge in [-0.15, -0.1) is 0 Å². The first-order valence-electron chi connectivity index (χ1n) is 6.47. The summed E-state index contributed by atoms with van der Waals surface area (Å²) >= 11 is 0. The molecule has 0 fully saturated rings. The highest BCUT2D eigenvalue weighted by Gasteiger charge is 2.17. The molecule has 98 valence electrons. The lowest BCUT2D eigenvalue weighted by molar-refractivity contribution is -0.115. The minimum atomic E-state index is 0.0733. The molecule has 1 aromatic rings. The molecule has 1 atom stereocenters. The zero-order valence-corrected chi connectivity index (χ0v) is 11.0.